The van der Waals surface area contributed by atoms with Crippen molar-refractivity contribution in [1.82, 2.24) is 9.55 Å². The molecule has 1 N–H and O–H groups in total. The zero-order valence-corrected chi connectivity index (χ0v) is 9.82. The van der Waals surface area contributed by atoms with Crippen molar-refractivity contribution in [2.45, 2.75) is 32.5 Å². The number of hydrogen-bond donors (Lipinski definition) is 1. The second-order valence-corrected chi connectivity index (χ2v) is 4.20. The fraction of sp³-hybridized carbons (Fsp3) is 0.556. The Kier molecular flexibility index (Phi) is 3.71. The van der Waals surface area contributed by atoms with E-state index < -0.39 is 24.0 Å². The van der Waals surface area contributed by atoms with Crippen LogP contribution in [0.15, 0.2) is 9.59 Å². The molecule has 1 aromatic heterocycles. The molecular formula is C9H10ClF3N2O2. The van der Waals surface area contributed by atoms with Crippen molar-refractivity contribution in [2.75, 3.05) is 0 Å². The van der Waals surface area contributed by atoms with Gasteiger partial charge in [0.1, 0.15) is 11.7 Å². The molecule has 0 saturated heterocycles. The quantitative estimate of drug-likeness (QED) is 0.834. The molecule has 0 radical (unpaired) electrons. The smallest absolute Gasteiger partial charge is 0.297 e. The molecule has 0 unspecified atom stereocenters. The zero-order chi connectivity index (χ0) is 13.4. The molecule has 1 aromatic rings. The first-order valence-electron chi connectivity index (χ1n) is 4.72. The number of aromatic amines is 1. The van der Waals surface area contributed by atoms with Gasteiger partial charge in [0.2, 0.25) is 0 Å². The number of H-pyrrole nitrogens is 1. The van der Waals surface area contributed by atoms with Crippen molar-refractivity contribution in [3.8, 4) is 0 Å². The van der Waals surface area contributed by atoms with Crippen molar-refractivity contribution in [3.63, 3.8) is 0 Å². The fourth-order valence-electron chi connectivity index (χ4n) is 1.38. The van der Waals surface area contributed by atoms with Crippen molar-refractivity contribution >= 4 is 11.6 Å². The molecule has 0 atom stereocenters. The summed E-state index contributed by atoms with van der Waals surface area (Å²) in [4.78, 5) is 24.9. The summed E-state index contributed by atoms with van der Waals surface area (Å²) in [6.45, 7) is 1.57. The van der Waals surface area contributed by atoms with Crippen LogP contribution in [-0.4, -0.2) is 15.7 Å². The highest BCUT2D eigenvalue weighted by molar-refractivity contribution is 6.30. The molecule has 96 valence electrons. The lowest BCUT2D eigenvalue weighted by molar-refractivity contribution is -0.141. The number of halogens is 4. The second-order valence-electron chi connectivity index (χ2n) is 3.82. The number of aromatic nitrogens is 2. The van der Waals surface area contributed by atoms with Crippen LogP contribution in [0.5, 0.6) is 0 Å². The maximum absolute atomic E-state index is 12.2. The SMILES string of the molecule is CC(C)c1c(Cl)[nH]c(=O)n(CC(F)(F)F)c1=O. The normalized spacial score (nSPS) is 12.2. The Balaban J connectivity index is 3.48. The zero-order valence-electron chi connectivity index (χ0n) is 9.06. The Morgan fingerprint density at radius 1 is 1.35 bits per heavy atom. The summed E-state index contributed by atoms with van der Waals surface area (Å²) in [5.41, 5.74) is -2.21. The third-order valence-electron chi connectivity index (χ3n) is 2.09. The van der Waals surface area contributed by atoms with Crippen LogP contribution in [0, 0.1) is 0 Å². The van der Waals surface area contributed by atoms with Gasteiger partial charge >= 0.3 is 11.9 Å². The van der Waals surface area contributed by atoms with Crippen LogP contribution in [0.25, 0.3) is 0 Å². The van der Waals surface area contributed by atoms with E-state index in [4.69, 9.17) is 11.6 Å². The molecule has 17 heavy (non-hydrogen) atoms. The molecule has 0 spiro atoms. The van der Waals surface area contributed by atoms with E-state index in [-0.39, 0.29) is 21.2 Å². The lowest BCUT2D eigenvalue weighted by Crippen LogP contribution is -2.41. The van der Waals surface area contributed by atoms with Gasteiger partial charge < -0.3 is 0 Å². The van der Waals surface area contributed by atoms with E-state index in [0.717, 1.165) is 0 Å². The minimum atomic E-state index is -4.64. The van der Waals surface area contributed by atoms with Crippen molar-refractivity contribution in [2.24, 2.45) is 0 Å². The van der Waals surface area contributed by atoms with Gasteiger partial charge in [0, 0.05) is 0 Å². The molecule has 0 saturated carbocycles. The average Bonchev–Trinajstić information content (AvgIpc) is 2.09. The van der Waals surface area contributed by atoms with Crippen molar-refractivity contribution in [1.29, 1.82) is 0 Å². The highest BCUT2D eigenvalue weighted by atomic mass is 35.5. The molecule has 1 rings (SSSR count). The molecule has 0 aliphatic carbocycles. The Bertz CT molecular complexity index is 531. The van der Waals surface area contributed by atoms with Gasteiger partial charge in [-0.1, -0.05) is 25.4 Å². The summed E-state index contributed by atoms with van der Waals surface area (Å²) in [5.74, 6) is -0.383. The standard InChI is InChI=1S/C9H10ClF3N2O2/c1-4(2)5-6(10)14-8(17)15(7(5)16)3-9(11,12)13/h4H,3H2,1-2H3,(H,14,17). The molecule has 0 fully saturated rings. The van der Waals surface area contributed by atoms with E-state index in [2.05, 4.69) is 0 Å². The van der Waals surface area contributed by atoms with Crippen LogP contribution in [0.4, 0.5) is 13.2 Å². The third-order valence-corrected chi connectivity index (χ3v) is 2.39. The topological polar surface area (TPSA) is 54.9 Å². The number of rotatable bonds is 2. The maximum Gasteiger partial charge on any atom is 0.406 e. The first kappa shape index (κ1) is 13.8. The minimum absolute atomic E-state index is 0.0319. The maximum atomic E-state index is 12.2. The van der Waals surface area contributed by atoms with Crippen LogP contribution >= 0.6 is 11.6 Å². The second kappa shape index (κ2) is 4.56. The van der Waals surface area contributed by atoms with Crippen molar-refractivity contribution in [3.05, 3.63) is 31.6 Å². The summed E-state index contributed by atoms with van der Waals surface area (Å²) in [5, 5.41) is -0.214. The van der Waals surface area contributed by atoms with Crippen LogP contribution < -0.4 is 11.2 Å². The van der Waals surface area contributed by atoms with Gasteiger partial charge in [-0.05, 0) is 5.92 Å². The Morgan fingerprint density at radius 3 is 2.29 bits per heavy atom. The van der Waals surface area contributed by atoms with E-state index >= 15 is 0 Å². The summed E-state index contributed by atoms with van der Waals surface area (Å²) in [6.07, 6.45) is -4.64. The summed E-state index contributed by atoms with van der Waals surface area (Å²) in [6, 6.07) is 0. The van der Waals surface area contributed by atoms with E-state index in [1.807, 2.05) is 4.98 Å². The number of alkyl halides is 3. The van der Waals surface area contributed by atoms with Gasteiger partial charge in [-0.2, -0.15) is 13.2 Å². The first-order chi connectivity index (χ1) is 7.63. The van der Waals surface area contributed by atoms with Crippen LogP contribution in [-0.2, 0) is 6.54 Å². The van der Waals surface area contributed by atoms with Gasteiger partial charge in [-0.25, -0.2) is 4.79 Å². The monoisotopic (exact) mass is 270 g/mol. The molecule has 0 amide bonds. The fourth-order valence-corrected chi connectivity index (χ4v) is 1.76. The van der Waals surface area contributed by atoms with E-state index in [1.54, 1.807) is 13.8 Å². The third kappa shape index (κ3) is 3.12. The molecule has 1 heterocycles. The summed E-state index contributed by atoms with van der Waals surface area (Å²) < 4.78 is 36.7. The first-order valence-corrected chi connectivity index (χ1v) is 5.10. The highest BCUT2D eigenvalue weighted by Crippen LogP contribution is 2.18. The molecular weight excluding hydrogens is 261 g/mol. The Morgan fingerprint density at radius 2 is 1.88 bits per heavy atom. The van der Waals surface area contributed by atoms with E-state index in [1.165, 1.54) is 0 Å². The van der Waals surface area contributed by atoms with Gasteiger partial charge in [0.05, 0.1) is 5.56 Å². The lowest BCUT2D eigenvalue weighted by atomic mass is 10.1. The summed E-state index contributed by atoms with van der Waals surface area (Å²) >= 11 is 5.62. The predicted octanol–water partition coefficient (Wildman–Crippen LogP) is 1.88. The van der Waals surface area contributed by atoms with Crippen molar-refractivity contribution < 1.29 is 13.2 Å². The average molecular weight is 271 g/mol. The molecule has 8 heteroatoms. The molecule has 4 nitrogen and oxygen atoms in total. The predicted molar refractivity (Wildman–Crippen MR) is 56.5 cm³/mol. The molecule has 0 bridgehead atoms. The van der Waals surface area contributed by atoms with E-state index in [9.17, 15) is 22.8 Å². The molecule has 0 aliphatic rings. The van der Waals surface area contributed by atoms with Gasteiger partial charge in [-0.3, -0.25) is 14.3 Å². The number of hydrogen-bond acceptors (Lipinski definition) is 2. The molecule has 0 aromatic carbocycles. The van der Waals surface area contributed by atoms with Crippen LogP contribution in [0.1, 0.15) is 25.3 Å². The minimum Gasteiger partial charge on any atom is -0.297 e. The largest absolute Gasteiger partial charge is 0.406 e. The highest BCUT2D eigenvalue weighted by Gasteiger charge is 2.30. The Labute approximate surface area is 99.0 Å². The van der Waals surface area contributed by atoms with Crippen LogP contribution in [0.3, 0.4) is 0 Å². The number of nitrogens with zero attached hydrogens (tertiary/aromatic N) is 1. The lowest BCUT2D eigenvalue weighted by Gasteiger charge is -2.12. The Hall–Kier alpha value is -1.24. The van der Waals surface area contributed by atoms with Gasteiger partial charge in [0.25, 0.3) is 5.56 Å². The van der Waals surface area contributed by atoms with Gasteiger partial charge in [0.15, 0.2) is 0 Å². The van der Waals surface area contributed by atoms with Crippen LogP contribution in [0.2, 0.25) is 5.15 Å². The van der Waals surface area contributed by atoms with E-state index in [0.29, 0.717) is 0 Å². The number of nitrogens with one attached hydrogen (secondary N) is 1. The van der Waals surface area contributed by atoms with Gasteiger partial charge in [-0.15, -0.1) is 0 Å². The molecule has 0 aliphatic heterocycles. The summed E-state index contributed by atoms with van der Waals surface area (Å²) in [7, 11) is 0.